The lowest BCUT2D eigenvalue weighted by molar-refractivity contribution is -0.0328. The van der Waals surface area contributed by atoms with Crippen LogP contribution in [0.15, 0.2) is 53.4 Å². The molecule has 0 saturated heterocycles. The van der Waals surface area contributed by atoms with Gasteiger partial charge in [0.05, 0.1) is 6.10 Å². The van der Waals surface area contributed by atoms with Crippen LogP contribution in [0.4, 0.5) is 17.6 Å². The van der Waals surface area contributed by atoms with Crippen molar-refractivity contribution in [1.82, 2.24) is 0 Å². The van der Waals surface area contributed by atoms with E-state index in [1.807, 2.05) is 0 Å². The molecule has 1 nitrogen and oxygen atoms in total. The minimum atomic E-state index is -4.33. The van der Waals surface area contributed by atoms with Crippen molar-refractivity contribution in [2.45, 2.75) is 22.9 Å². The van der Waals surface area contributed by atoms with Gasteiger partial charge >= 0.3 is 5.51 Å². The summed E-state index contributed by atoms with van der Waals surface area (Å²) < 4.78 is 49.4. The van der Waals surface area contributed by atoms with Crippen LogP contribution in [0, 0.1) is 5.82 Å². The molecule has 0 fully saturated rings. The fourth-order valence-corrected chi connectivity index (χ4v) is 2.39. The lowest BCUT2D eigenvalue weighted by Crippen LogP contribution is -2.02. The van der Waals surface area contributed by atoms with Crippen molar-refractivity contribution < 1.29 is 22.7 Å². The molecule has 1 atom stereocenters. The predicted octanol–water partition coefficient (Wildman–Crippen LogP) is 4.71. The SMILES string of the molecule is OC(Cc1ccc(F)cc1)c1ccc(SC(F)(F)F)cc1. The van der Waals surface area contributed by atoms with Crippen molar-refractivity contribution in [3.8, 4) is 0 Å². The fourth-order valence-electron chi connectivity index (χ4n) is 1.85. The van der Waals surface area contributed by atoms with Crippen molar-refractivity contribution in [2.75, 3.05) is 0 Å². The Labute approximate surface area is 123 Å². The summed E-state index contributed by atoms with van der Waals surface area (Å²) in [4.78, 5) is 0.0697. The quantitative estimate of drug-likeness (QED) is 0.651. The van der Waals surface area contributed by atoms with Gasteiger partial charge in [0.2, 0.25) is 0 Å². The molecule has 1 unspecified atom stereocenters. The Hall–Kier alpha value is -1.53. The van der Waals surface area contributed by atoms with Crippen LogP contribution in [0.1, 0.15) is 17.2 Å². The normalized spacial score (nSPS) is 13.2. The van der Waals surface area contributed by atoms with E-state index in [0.717, 1.165) is 5.56 Å². The van der Waals surface area contributed by atoms with Gasteiger partial charge in [-0.25, -0.2) is 4.39 Å². The Morgan fingerprint density at radius 3 is 2.05 bits per heavy atom. The number of alkyl halides is 3. The van der Waals surface area contributed by atoms with Crippen molar-refractivity contribution in [3.63, 3.8) is 0 Å². The molecule has 1 N–H and O–H groups in total. The maximum atomic E-state index is 12.8. The van der Waals surface area contributed by atoms with Gasteiger partial charge in [-0.05, 0) is 47.2 Å². The highest BCUT2D eigenvalue weighted by atomic mass is 32.2. The van der Waals surface area contributed by atoms with Crippen molar-refractivity contribution in [1.29, 1.82) is 0 Å². The summed E-state index contributed by atoms with van der Waals surface area (Å²) in [5, 5.41) is 10.0. The molecule has 2 aromatic carbocycles. The number of benzene rings is 2. The standard InChI is InChI=1S/C15H12F4OS/c16-12-5-1-10(2-6-12)9-14(20)11-3-7-13(8-4-11)21-15(17,18)19/h1-8,14,20H,9H2. The highest BCUT2D eigenvalue weighted by Gasteiger charge is 2.29. The van der Waals surface area contributed by atoms with Gasteiger partial charge in [0, 0.05) is 11.3 Å². The predicted molar refractivity (Wildman–Crippen MR) is 73.4 cm³/mol. The molecular formula is C15H12F4OS. The largest absolute Gasteiger partial charge is 0.446 e. The van der Waals surface area contributed by atoms with E-state index in [0.29, 0.717) is 5.56 Å². The molecule has 0 amide bonds. The first-order valence-corrected chi connectivity index (χ1v) is 6.93. The van der Waals surface area contributed by atoms with Crippen molar-refractivity contribution in [3.05, 3.63) is 65.5 Å². The average Bonchev–Trinajstić information content (AvgIpc) is 2.40. The van der Waals surface area contributed by atoms with E-state index in [1.165, 1.54) is 36.4 Å². The minimum Gasteiger partial charge on any atom is -0.388 e. The van der Waals surface area contributed by atoms with E-state index < -0.39 is 11.6 Å². The molecule has 2 rings (SSSR count). The highest BCUT2D eigenvalue weighted by Crippen LogP contribution is 2.37. The Morgan fingerprint density at radius 2 is 1.52 bits per heavy atom. The zero-order valence-corrected chi connectivity index (χ0v) is 11.6. The first kappa shape index (κ1) is 15.9. The molecule has 21 heavy (non-hydrogen) atoms. The van der Waals surface area contributed by atoms with Crippen LogP contribution < -0.4 is 0 Å². The maximum Gasteiger partial charge on any atom is 0.446 e. The second-order valence-electron chi connectivity index (χ2n) is 4.46. The molecule has 0 heterocycles. The van der Waals surface area contributed by atoms with Gasteiger partial charge in [-0.15, -0.1) is 0 Å². The molecular weight excluding hydrogens is 304 g/mol. The van der Waals surface area contributed by atoms with Gasteiger partial charge in [0.25, 0.3) is 0 Å². The Kier molecular flexibility index (Phi) is 4.90. The van der Waals surface area contributed by atoms with E-state index in [4.69, 9.17) is 0 Å². The Bertz CT molecular complexity index is 578. The summed E-state index contributed by atoms with van der Waals surface area (Å²) >= 11 is -0.197. The van der Waals surface area contributed by atoms with E-state index in [1.54, 1.807) is 12.1 Å². The fraction of sp³-hybridized carbons (Fsp3) is 0.200. The summed E-state index contributed by atoms with van der Waals surface area (Å²) in [6.07, 6.45) is -0.577. The zero-order chi connectivity index (χ0) is 15.5. The second kappa shape index (κ2) is 6.49. The van der Waals surface area contributed by atoms with Crippen molar-refractivity contribution in [2.24, 2.45) is 0 Å². The van der Waals surface area contributed by atoms with Crippen molar-refractivity contribution >= 4 is 11.8 Å². The first-order chi connectivity index (χ1) is 9.83. The third-order valence-corrected chi connectivity index (χ3v) is 3.58. The molecule has 0 radical (unpaired) electrons. The lowest BCUT2D eigenvalue weighted by atomic mass is 10.0. The van der Waals surface area contributed by atoms with Gasteiger partial charge in [-0.3, -0.25) is 0 Å². The van der Waals surface area contributed by atoms with Gasteiger partial charge in [0.15, 0.2) is 0 Å². The zero-order valence-electron chi connectivity index (χ0n) is 10.8. The smallest absolute Gasteiger partial charge is 0.388 e. The van der Waals surface area contributed by atoms with Crippen LogP contribution in [0.3, 0.4) is 0 Å². The molecule has 2 aromatic rings. The number of aliphatic hydroxyl groups excluding tert-OH is 1. The number of thioether (sulfide) groups is 1. The van der Waals surface area contributed by atoms with Crippen LogP contribution in [0.25, 0.3) is 0 Å². The molecule has 0 saturated carbocycles. The summed E-state index contributed by atoms with van der Waals surface area (Å²) in [7, 11) is 0. The van der Waals surface area contributed by atoms with E-state index >= 15 is 0 Å². The molecule has 0 aliphatic carbocycles. The van der Waals surface area contributed by atoms with E-state index in [-0.39, 0.29) is 28.9 Å². The average molecular weight is 316 g/mol. The van der Waals surface area contributed by atoms with Crippen LogP contribution in [0.2, 0.25) is 0 Å². The number of rotatable bonds is 4. The van der Waals surface area contributed by atoms with Gasteiger partial charge in [-0.1, -0.05) is 24.3 Å². The minimum absolute atomic E-state index is 0.0697. The Morgan fingerprint density at radius 1 is 0.952 bits per heavy atom. The molecule has 0 spiro atoms. The van der Waals surface area contributed by atoms with Crippen LogP contribution in [0.5, 0.6) is 0 Å². The third kappa shape index (κ3) is 5.06. The summed E-state index contributed by atoms with van der Waals surface area (Å²) in [6.45, 7) is 0. The molecule has 0 bridgehead atoms. The summed E-state index contributed by atoms with van der Waals surface area (Å²) in [5.74, 6) is -0.359. The topological polar surface area (TPSA) is 20.2 Å². The van der Waals surface area contributed by atoms with Gasteiger partial charge in [0.1, 0.15) is 5.82 Å². The van der Waals surface area contributed by atoms with Gasteiger partial charge in [-0.2, -0.15) is 13.2 Å². The van der Waals surface area contributed by atoms with Crippen LogP contribution >= 0.6 is 11.8 Å². The van der Waals surface area contributed by atoms with Crippen LogP contribution in [-0.2, 0) is 6.42 Å². The second-order valence-corrected chi connectivity index (χ2v) is 5.60. The number of halogens is 4. The first-order valence-electron chi connectivity index (χ1n) is 6.12. The molecule has 0 aromatic heterocycles. The monoisotopic (exact) mass is 316 g/mol. The number of hydrogen-bond donors (Lipinski definition) is 1. The molecule has 6 heteroatoms. The summed E-state index contributed by atoms with van der Waals surface area (Å²) in [5.41, 5.74) is -3.06. The lowest BCUT2D eigenvalue weighted by Gasteiger charge is -2.12. The molecule has 0 aliphatic rings. The molecule has 0 aliphatic heterocycles. The summed E-state index contributed by atoms with van der Waals surface area (Å²) in [6, 6.07) is 11.3. The highest BCUT2D eigenvalue weighted by molar-refractivity contribution is 8.00. The third-order valence-electron chi connectivity index (χ3n) is 2.84. The van der Waals surface area contributed by atoms with E-state index in [2.05, 4.69) is 0 Å². The maximum absolute atomic E-state index is 12.8. The number of aliphatic hydroxyl groups is 1. The van der Waals surface area contributed by atoms with Gasteiger partial charge < -0.3 is 5.11 Å². The van der Waals surface area contributed by atoms with Crippen LogP contribution in [-0.4, -0.2) is 10.6 Å². The van der Waals surface area contributed by atoms with E-state index in [9.17, 15) is 22.7 Å². The Balaban J connectivity index is 2.02. The number of hydrogen-bond acceptors (Lipinski definition) is 2. The molecule has 112 valence electrons.